The highest BCUT2D eigenvalue weighted by Crippen LogP contribution is 2.34. The standard InChI is InChI=1S/C9H17NO2/c1-9(2)5-3-7(4-6-9)10-8(11)12/h7,10H,3-6H2,1-2H3,(H,11,12). The molecular weight excluding hydrogens is 154 g/mol. The fraction of sp³-hybridized carbons (Fsp3) is 0.889. The lowest BCUT2D eigenvalue weighted by Gasteiger charge is -2.33. The van der Waals surface area contributed by atoms with E-state index in [1.54, 1.807) is 0 Å². The molecule has 1 aliphatic carbocycles. The van der Waals surface area contributed by atoms with E-state index in [4.69, 9.17) is 5.11 Å². The number of amides is 1. The molecule has 0 radical (unpaired) electrons. The molecule has 0 aliphatic heterocycles. The normalized spacial score (nSPS) is 23.5. The smallest absolute Gasteiger partial charge is 0.404 e. The minimum absolute atomic E-state index is 0.190. The zero-order valence-electron chi connectivity index (χ0n) is 7.76. The summed E-state index contributed by atoms with van der Waals surface area (Å²) < 4.78 is 0. The molecule has 12 heavy (non-hydrogen) atoms. The molecule has 0 aromatic heterocycles. The van der Waals surface area contributed by atoms with E-state index in [0.29, 0.717) is 5.41 Å². The maximum Gasteiger partial charge on any atom is 0.404 e. The lowest BCUT2D eigenvalue weighted by atomic mass is 9.76. The van der Waals surface area contributed by atoms with Gasteiger partial charge in [-0.15, -0.1) is 0 Å². The Morgan fingerprint density at radius 1 is 1.42 bits per heavy atom. The molecular formula is C9H17NO2. The zero-order chi connectivity index (χ0) is 9.19. The predicted octanol–water partition coefficient (Wildman–Crippen LogP) is 2.22. The summed E-state index contributed by atoms with van der Waals surface area (Å²) in [5.74, 6) is 0. The van der Waals surface area contributed by atoms with Crippen LogP contribution in [-0.4, -0.2) is 17.2 Å². The van der Waals surface area contributed by atoms with Crippen LogP contribution in [-0.2, 0) is 0 Å². The molecule has 2 N–H and O–H groups in total. The fourth-order valence-electron chi connectivity index (χ4n) is 1.72. The number of rotatable bonds is 1. The van der Waals surface area contributed by atoms with Gasteiger partial charge in [0.1, 0.15) is 0 Å². The van der Waals surface area contributed by atoms with Crippen molar-refractivity contribution in [1.29, 1.82) is 0 Å². The van der Waals surface area contributed by atoms with Crippen LogP contribution in [0.3, 0.4) is 0 Å². The zero-order valence-corrected chi connectivity index (χ0v) is 7.76. The van der Waals surface area contributed by atoms with Crippen molar-refractivity contribution in [1.82, 2.24) is 5.32 Å². The Kier molecular flexibility index (Phi) is 2.60. The number of carboxylic acid groups (broad SMARTS) is 1. The van der Waals surface area contributed by atoms with Crippen molar-refractivity contribution in [3.63, 3.8) is 0 Å². The van der Waals surface area contributed by atoms with Gasteiger partial charge in [-0.25, -0.2) is 4.79 Å². The van der Waals surface area contributed by atoms with Crippen molar-refractivity contribution in [3.05, 3.63) is 0 Å². The summed E-state index contributed by atoms with van der Waals surface area (Å²) in [6.07, 6.45) is 3.33. The van der Waals surface area contributed by atoms with Crippen molar-refractivity contribution >= 4 is 6.09 Å². The minimum atomic E-state index is -0.889. The summed E-state index contributed by atoms with van der Waals surface area (Å²) in [4.78, 5) is 10.3. The second kappa shape index (κ2) is 3.33. The molecule has 3 nitrogen and oxygen atoms in total. The number of hydrogen-bond donors (Lipinski definition) is 2. The maximum atomic E-state index is 10.3. The quantitative estimate of drug-likeness (QED) is 0.635. The van der Waals surface area contributed by atoms with E-state index in [9.17, 15) is 4.79 Å². The van der Waals surface area contributed by atoms with Crippen LogP contribution in [0.1, 0.15) is 39.5 Å². The molecule has 0 atom stereocenters. The molecule has 0 bridgehead atoms. The van der Waals surface area contributed by atoms with Gasteiger partial charge in [0.15, 0.2) is 0 Å². The van der Waals surface area contributed by atoms with E-state index in [2.05, 4.69) is 19.2 Å². The lowest BCUT2D eigenvalue weighted by molar-refractivity contribution is 0.169. The Hall–Kier alpha value is -0.730. The number of nitrogens with one attached hydrogen (secondary N) is 1. The van der Waals surface area contributed by atoms with Crippen LogP contribution in [0, 0.1) is 5.41 Å². The summed E-state index contributed by atoms with van der Waals surface area (Å²) in [5, 5.41) is 11.0. The topological polar surface area (TPSA) is 49.3 Å². The molecule has 1 rings (SSSR count). The monoisotopic (exact) mass is 171 g/mol. The second-order valence-corrected chi connectivity index (χ2v) is 4.39. The summed E-state index contributed by atoms with van der Waals surface area (Å²) in [6, 6.07) is 0.190. The third kappa shape index (κ3) is 2.72. The largest absolute Gasteiger partial charge is 0.465 e. The molecule has 1 amide bonds. The molecule has 0 spiro atoms. The SMILES string of the molecule is CC1(C)CCC(NC(=O)O)CC1. The van der Waals surface area contributed by atoms with Crippen LogP contribution in [0.4, 0.5) is 4.79 Å². The number of carbonyl (C=O) groups is 1. The van der Waals surface area contributed by atoms with Gasteiger partial charge in [-0.3, -0.25) is 0 Å². The van der Waals surface area contributed by atoms with E-state index in [1.165, 1.54) is 0 Å². The van der Waals surface area contributed by atoms with E-state index in [0.717, 1.165) is 25.7 Å². The summed E-state index contributed by atoms with van der Waals surface area (Å²) >= 11 is 0. The average molecular weight is 171 g/mol. The van der Waals surface area contributed by atoms with Crippen molar-refractivity contribution in [3.8, 4) is 0 Å². The van der Waals surface area contributed by atoms with Crippen LogP contribution >= 0.6 is 0 Å². The van der Waals surface area contributed by atoms with E-state index < -0.39 is 6.09 Å². The molecule has 0 heterocycles. The van der Waals surface area contributed by atoms with Gasteiger partial charge in [-0.2, -0.15) is 0 Å². The molecule has 0 unspecified atom stereocenters. The second-order valence-electron chi connectivity index (χ2n) is 4.39. The summed E-state index contributed by atoms with van der Waals surface area (Å²) in [5.41, 5.74) is 0.413. The van der Waals surface area contributed by atoms with Gasteiger partial charge in [-0.1, -0.05) is 13.8 Å². The van der Waals surface area contributed by atoms with Crippen LogP contribution in [0.5, 0.6) is 0 Å². The van der Waals surface area contributed by atoms with Crippen molar-refractivity contribution in [2.24, 2.45) is 5.41 Å². The van der Waals surface area contributed by atoms with Gasteiger partial charge in [-0.05, 0) is 31.1 Å². The summed E-state index contributed by atoms with van der Waals surface area (Å²) in [7, 11) is 0. The van der Waals surface area contributed by atoms with Gasteiger partial charge >= 0.3 is 6.09 Å². The maximum absolute atomic E-state index is 10.3. The Labute approximate surface area is 73.2 Å². The van der Waals surface area contributed by atoms with Gasteiger partial charge in [0.05, 0.1) is 0 Å². The van der Waals surface area contributed by atoms with Gasteiger partial charge in [0.25, 0.3) is 0 Å². The van der Waals surface area contributed by atoms with E-state index >= 15 is 0 Å². The summed E-state index contributed by atoms with van der Waals surface area (Å²) in [6.45, 7) is 4.48. The highest BCUT2D eigenvalue weighted by atomic mass is 16.4. The molecule has 0 aromatic rings. The molecule has 1 fully saturated rings. The van der Waals surface area contributed by atoms with Crippen LogP contribution in [0.25, 0.3) is 0 Å². The molecule has 0 aromatic carbocycles. The molecule has 1 aliphatic rings. The highest BCUT2D eigenvalue weighted by Gasteiger charge is 2.27. The molecule has 70 valence electrons. The van der Waals surface area contributed by atoms with Crippen LogP contribution in [0.2, 0.25) is 0 Å². The first-order valence-corrected chi connectivity index (χ1v) is 4.49. The first-order chi connectivity index (χ1) is 5.49. The lowest BCUT2D eigenvalue weighted by Crippen LogP contribution is -2.38. The van der Waals surface area contributed by atoms with Crippen molar-refractivity contribution < 1.29 is 9.90 Å². The number of hydrogen-bond acceptors (Lipinski definition) is 1. The Morgan fingerprint density at radius 3 is 2.33 bits per heavy atom. The van der Waals surface area contributed by atoms with Gasteiger partial charge in [0.2, 0.25) is 0 Å². The van der Waals surface area contributed by atoms with E-state index in [-0.39, 0.29) is 6.04 Å². The highest BCUT2D eigenvalue weighted by molar-refractivity contribution is 5.64. The third-order valence-electron chi connectivity index (χ3n) is 2.67. The van der Waals surface area contributed by atoms with Crippen molar-refractivity contribution in [2.45, 2.75) is 45.6 Å². The predicted molar refractivity (Wildman–Crippen MR) is 47.2 cm³/mol. The van der Waals surface area contributed by atoms with Crippen molar-refractivity contribution in [2.75, 3.05) is 0 Å². The Bertz CT molecular complexity index is 167. The van der Waals surface area contributed by atoms with Gasteiger partial charge < -0.3 is 10.4 Å². The van der Waals surface area contributed by atoms with Crippen LogP contribution < -0.4 is 5.32 Å². The first kappa shape index (κ1) is 9.36. The van der Waals surface area contributed by atoms with E-state index in [1.807, 2.05) is 0 Å². The Balaban J connectivity index is 2.31. The van der Waals surface area contributed by atoms with Crippen LogP contribution in [0.15, 0.2) is 0 Å². The minimum Gasteiger partial charge on any atom is -0.465 e. The molecule has 0 saturated heterocycles. The molecule has 3 heteroatoms. The average Bonchev–Trinajstić information content (AvgIpc) is 1.93. The fourth-order valence-corrected chi connectivity index (χ4v) is 1.72. The molecule has 1 saturated carbocycles. The third-order valence-corrected chi connectivity index (χ3v) is 2.67. The Morgan fingerprint density at radius 2 is 1.92 bits per heavy atom. The van der Waals surface area contributed by atoms with Gasteiger partial charge in [0, 0.05) is 6.04 Å². The first-order valence-electron chi connectivity index (χ1n) is 4.49.